The molecule has 1 aromatic carbocycles. The Hall–Kier alpha value is -3.16. The standard InChI is InChI=1S/C20H25N7O/c1-15(19-25-21-14-26(19)17-9-5-6-10-17)23-20(28)24-18-11-12-22-27(18)13-16-7-3-2-4-8-16/h2-4,7-8,11-12,14-15,17H,5-6,9-10,13H2,1H3,(H2,23,24,28)/t15-/m1/s1. The Balaban J connectivity index is 1.39. The van der Waals surface area contributed by atoms with Gasteiger partial charge in [-0.3, -0.25) is 5.32 Å². The second kappa shape index (κ2) is 8.24. The molecular formula is C20H25N7O. The van der Waals surface area contributed by atoms with Crippen LogP contribution in [0.25, 0.3) is 0 Å². The second-order valence-corrected chi connectivity index (χ2v) is 7.21. The van der Waals surface area contributed by atoms with Crippen molar-refractivity contribution in [2.24, 2.45) is 0 Å². The van der Waals surface area contributed by atoms with E-state index in [0.717, 1.165) is 24.2 Å². The van der Waals surface area contributed by atoms with Crippen LogP contribution >= 0.6 is 0 Å². The van der Waals surface area contributed by atoms with Gasteiger partial charge in [0.05, 0.1) is 18.8 Å². The van der Waals surface area contributed by atoms with Gasteiger partial charge in [-0.15, -0.1) is 10.2 Å². The van der Waals surface area contributed by atoms with Crippen LogP contribution in [-0.2, 0) is 6.54 Å². The predicted octanol–water partition coefficient (Wildman–Crippen LogP) is 3.52. The van der Waals surface area contributed by atoms with Gasteiger partial charge < -0.3 is 9.88 Å². The van der Waals surface area contributed by atoms with Crippen molar-refractivity contribution in [2.45, 2.75) is 51.2 Å². The zero-order valence-electron chi connectivity index (χ0n) is 16.0. The summed E-state index contributed by atoms with van der Waals surface area (Å²) in [5.74, 6) is 1.44. The normalized spacial score (nSPS) is 15.5. The Morgan fingerprint density at radius 2 is 2.00 bits per heavy atom. The SMILES string of the molecule is C[C@@H](NC(=O)Nc1ccnn1Cc1ccccc1)c1nncn1C1CCCC1. The number of nitrogens with one attached hydrogen (secondary N) is 2. The number of carbonyl (C=O) groups is 1. The van der Waals surface area contributed by atoms with E-state index in [2.05, 4.69) is 30.5 Å². The molecular weight excluding hydrogens is 354 g/mol. The third kappa shape index (κ3) is 4.05. The molecule has 2 aromatic heterocycles. The minimum Gasteiger partial charge on any atom is -0.328 e. The number of carbonyl (C=O) groups excluding carboxylic acids is 1. The number of hydrogen-bond acceptors (Lipinski definition) is 4. The average molecular weight is 379 g/mol. The topological polar surface area (TPSA) is 89.7 Å². The third-order valence-corrected chi connectivity index (χ3v) is 5.19. The highest BCUT2D eigenvalue weighted by molar-refractivity contribution is 5.88. The maximum atomic E-state index is 12.5. The number of amides is 2. The van der Waals surface area contributed by atoms with Crippen LogP contribution in [0.5, 0.6) is 0 Å². The van der Waals surface area contributed by atoms with E-state index in [4.69, 9.17) is 0 Å². The highest BCUT2D eigenvalue weighted by Crippen LogP contribution is 2.31. The van der Waals surface area contributed by atoms with Crippen LogP contribution in [0.3, 0.4) is 0 Å². The summed E-state index contributed by atoms with van der Waals surface area (Å²) in [6.07, 6.45) is 8.20. The number of hydrogen-bond donors (Lipinski definition) is 2. The summed E-state index contributed by atoms with van der Waals surface area (Å²) in [5.41, 5.74) is 1.12. The monoisotopic (exact) mass is 379 g/mol. The first-order valence-corrected chi connectivity index (χ1v) is 9.73. The molecule has 2 amide bonds. The van der Waals surface area contributed by atoms with Gasteiger partial charge in [0.15, 0.2) is 5.82 Å². The van der Waals surface area contributed by atoms with Crippen LogP contribution in [0.2, 0.25) is 0 Å². The van der Waals surface area contributed by atoms with Gasteiger partial charge in [0.1, 0.15) is 12.1 Å². The lowest BCUT2D eigenvalue weighted by Crippen LogP contribution is -2.33. The molecule has 0 radical (unpaired) electrons. The first-order valence-electron chi connectivity index (χ1n) is 9.73. The molecule has 3 aromatic rings. The number of nitrogens with zero attached hydrogens (tertiary/aromatic N) is 5. The summed E-state index contributed by atoms with van der Waals surface area (Å²) < 4.78 is 3.87. The zero-order chi connectivity index (χ0) is 19.3. The molecule has 8 nitrogen and oxygen atoms in total. The fourth-order valence-electron chi connectivity index (χ4n) is 3.76. The highest BCUT2D eigenvalue weighted by Gasteiger charge is 2.23. The van der Waals surface area contributed by atoms with Crippen molar-refractivity contribution in [3.05, 3.63) is 60.3 Å². The molecule has 4 rings (SSSR count). The predicted molar refractivity (Wildman–Crippen MR) is 106 cm³/mol. The van der Waals surface area contributed by atoms with Crippen molar-refractivity contribution >= 4 is 11.8 Å². The minimum atomic E-state index is -0.289. The number of aromatic nitrogens is 5. The van der Waals surface area contributed by atoms with Crippen LogP contribution in [0.4, 0.5) is 10.6 Å². The van der Waals surface area contributed by atoms with Crippen LogP contribution < -0.4 is 10.6 Å². The Labute approximate surface area is 164 Å². The Bertz CT molecular complexity index is 912. The first-order chi connectivity index (χ1) is 13.7. The molecule has 1 aliphatic rings. The number of urea groups is 1. The largest absolute Gasteiger partial charge is 0.328 e. The van der Waals surface area contributed by atoms with Crippen molar-refractivity contribution in [3.8, 4) is 0 Å². The summed E-state index contributed by atoms with van der Waals surface area (Å²) in [4.78, 5) is 12.5. The van der Waals surface area contributed by atoms with Gasteiger partial charge in [-0.25, -0.2) is 9.48 Å². The Morgan fingerprint density at radius 3 is 2.79 bits per heavy atom. The molecule has 1 fully saturated rings. The van der Waals surface area contributed by atoms with Gasteiger partial charge in [-0.2, -0.15) is 5.10 Å². The Morgan fingerprint density at radius 1 is 1.21 bits per heavy atom. The zero-order valence-corrected chi connectivity index (χ0v) is 16.0. The maximum Gasteiger partial charge on any atom is 0.320 e. The number of rotatable bonds is 6. The van der Waals surface area contributed by atoms with Crippen molar-refractivity contribution < 1.29 is 4.79 Å². The molecule has 1 aliphatic carbocycles. The van der Waals surface area contributed by atoms with Gasteiger partial charge in [0, 0.05) is 12.1 Å². The summed E-state index contributed by atoms with van der Waals surface area (Å²) >= 11 is 0. The number of benzene rings is 1. The van der Waals surface area contributed by atoms with E-state index in [0.29, 0.717) is 18.4 Å². The van der Waals surface area contributed by atoms with Gasteiger partial charge in [0.25, 0.3) is 0 Å². The lowest BCUT2D eigenvalue weighted by molar-refractivity contribution is 0.248. The highest BCUT2D eigenvalue weighted by atomic mass is 16.2. The van der Waals surface area contributed by atoms with E-state index in [1.807, 2.05) is 37.3 Å². The number of anilines is 1. The average Bonchev–Trinajstić information content (AvgIpc) is 3.44. The second-order valence-electron chi connectivity index (χ2n) is 7.21. The molecule has 0 unspecified atom stereocenters. The Kier molecular flexibility index (Phi) is 5.36. The molecule has 2 N–H and O–H groups in total. The van der Waals surface area contributed by atoms with E-state index in [1.165, 1.54) is 12.8 Å². The first kappa shape index (κ1) is 18.2. The van der Waals surface area contributed by atoms with Gasteiger partial charge in [-0.05, 0) is 25.3 Å². The summed E-state index contributed by atoms with van der Waals surface area (Å²) in [5, 5.41) is 18.5. The summed E-state index contributed by atoms with van der Waals surface area (Å²) in [6, 6.07) is 11.7. The summed E-state index contributed by atoms with van der Waals surface area (Å²) in [6.45, 7) is 2.52. The van der Waals surface area contributed by atoms with Gasteiger partial charge in [-0.1, -0.05) is 43.2 Å². The van der Waals surface area contributed by atoms with E-state index in [9.17, 15) is 4.79 Å². The fourth-order valence-corrected chi connectivity index (χ4v) is 3.76. The lowest BCUT2D eigenvalue weighted by Gasteiger charge is -2.19. The molecule has 8 heteroatoms. The smallest absolute Gasteiger partial charge is 0.320 e. The van der Waals surface area contributed by atoms with Crippen LogP contribution in [0, 0.1) is 0 Å². The molecule has 1 atom stereocenters. The van der Waals surface area contributed by atoms with Crippen molar-refractivity contribution in [3.63, 3.8) is 0 Å². The van der Waals surface area contributed by atoms with Crippen molar-refractivity contribution in [1.29, 1.82) is 0 Å². The van der Waals surface area contributed by atoms with Gasteiger partial charge >= 0.3 is 6.03 Å². The van der Waals surface area contributed by atoms with Crippen molar-refractivity contribution in [1.82, 2.24) is 29.9 Å². The summed E-state index contributed by atoms with van der Waals surface area (Å²) in [7, 11) is 0. The van der Waals surface area contributed by atoms with E-state index in [-0.39, 0.29) is 12.1 Å². The molecule has 0 bridgehead atoms. The molecule has 28 heavy (non-hydrogen) atoms. The molecule has 0 spiro atoms. The van der Waals surface area contributed by atoms with E-state index in [1.54, 1.807) is 23.3 Å². The molecule has 2 heterocycles. The van der Waals surface area contributed by atoms with Crippen LogP contribution in [0.1, 0.15) is 56.1 Å². The fraction of sp³-hybridized carbons (Fsp3) is 0.400. The van der Waals surface area contributed by atoms with E-state index >= 15 is 0 Å². The van der Waals surface area contributed by atoms with Gasteiger partial charge in [0.2, 0.25) is 0 Å². The molecule has 1 saturated carbocycles. The maximum absolute atomic E-state index is 12.5. The molecule has 146 valence electrons. The lowest BCUT2D eigenvalue weighted by atomic mass is 10.2. The van der Waals surface area contributed by atoms with Crippen LogP contribution in [-0.4, -0.2) is 30.6 Å². The minimum absolute atomic E-state index is 0.242. The van der Waals surface area contributed by atoms with E-state index < -0.39 is 0 Å². The molecule has 0 aliphatic heterocycles. The molecule has 0 saturated heterocycles. The van der Waals surface area contributed by atoms with Crippen molar-refractivity contribution in [2.75, 3.05) is 5.32 Å². The van der Waals surface area contributed by atoms with Crippen LogP contribution in [0.15, 0.2) is 48.9 Å². The quantitative estimate of drug-likeness (QED) is 0.686. The third-order valence-electron chi connectivity index (χ3n) is 5.19.